The van der Waals surface area contributed by atoms with E-state index >= 15 is 0 Å². The molecule has 1 N–H and O–H groups in total. The molecule has 1 heterocycles. The maximum Gasteiger partial charge on any atom is 0.244 e. The van der Waals surface area contributed by atoms with Gasteiger partial charge in [0.2, 0.25) is 5.91 Å². The van der Waals surface area contributed by atoms with Crippen LogP contribution in [0.15, 0.2) is 73.3 Å². The number of benzene rings is 2. The molecular formula is C20H18FN3O. The SMILES string of the molecule is O=C(/C=C/c1cccc(F)c1)NCc1ccc(Cn2ccnc2)cc1. The Kier molecular flexibility index (Phi) is 5.36. The Morgan fingerprint density at radius 1 is 1.16 bits per heavy atom. The van der Waals surface area contributed by atoms with Crippen molar-refractivity contribution in [1.29, 1.82) is 0 Å². The second kappa shape index (κ2) is 8.06. The van der Waals surface area contributed by atoms with Crippen LogP contribution in [0.25, 0.3) is 6.08 Å². The highest BCUT2D eigenvalue weighted by Crippen LogP contribution is 2.07. The second-order valence-corrected chi connectivity index (χ2v) is 5.66. The number of hydrogen-bond donors (Lipinski definition) is 1. The van der Waals surface area contributed by atoms with Crippen molar-refractivity contribution in [2.24, 2.45) is 0 Å². The number of aromatic nitrogens is 2. The van der Waals surface area contributed by atoms with Gasteiger partial charge in [-0.25, -0.2) is 9.37 Å². The largest absolute Gasteiger partial charge is 0.348 e. The number of rotatable bonds is 6. The summed E-state index contributed by atoms with van der Waals surface area (Å²) < 4.78 is 15.1. The van der Waals surface area contributed by atoms with E-state index in [4.69, 9.17) is 0 Å². The molecule has 5 heteroatoms. The first-order chi connectivity index (χ1) is 12.2. The average molecular weight is 335 g/mol. The molecule has 1 aromatic heterocycles. The van der Waals surface area contributed by atoms with Crippen LogP contribution in [-0.4, -0.2) is 15.5 Å². The first kappa shape index (κ1) is 16.6. The van der Waals surface area contributed by atoms with E-state index in [1.807, 2.05) is 35.0 Å². The monoisotopic (exact) mass is 335 g/mol. The fraction of sp³-hybridized carbons (Fsp3) is 0.100. The molecule has 0 aliphatic carbocycles. The molecule has 1 amide bonds. The number of amides is 1. The molecule has 25 heavy (non-hydrogen) atoms. The smallest absolute Gasteiger partial charge is 0.244 e. The van der Waals surface area contributed by atoms with Gasteiger partial charge < -0.3 is 9.88 Å². The predicted molar refractivity (Wildman–Crippen MR) is 95.1 cm³/mol. The number of hydrogen-bond acceptors (Lipinski definition) is 2. The van der Waals surface area contributed by atoms with Crippen LogP contribution in [0, 0.1) is 5.82 Å². The third kappa shape index (κ3) is 5.14. The summed E-state index contributed by atoms with van der Waals surface area (Å²) in [5.41, 5.74) is 2.83. The van der Waals surface area contributed by atoms with Crippen molar-refractivity contribution in [3.8, 4) is 0 Å². The second-order valence-electron chi connectivity index (χ2n) is 5.66. The molecule has 3 aromatic rings. The number of imidazole rings is 1. The normalized spacial score (nSPS) is 10.9. The van der Waals surface area contributed by atoms with E-state index in [0.29, 0.717) is 12.1 Å². The van der Waals surface area contributed by atoms with Gasteiger partial charge in [0, 0.05) is 31.6 Å². The van der Waals surface area contributed by atoms with Gasteiger partial charge in [0.15, 0.2) is 0 Å². The van der Waals surface area contributed by atoms with Crippen LogP contribution in [0.5, 0.6) is 0 Å². The molecule has 0 unspecified atom stereocenters. The number of nitrogens with zero attached hydrogens (tertiary/aromatic N) is 2. The number of carbonyl (C=O) groups is 1. The van der Waals surface area contributed by atoms with Crippen LogP contribution in [0.1, 0.15) is 16.7 Å². The molecule has 0 bridgehead atoms. The van der Waals surface area contributed by atoms with Gasteiger partial charge in [0.05, 0.1) is 6.33 Å². The fourth-order valence-corrected chi connectivity index (χ4v) is 2.38. The summed E-state index contributed by atoms with van der Waals surface area (Å²) in [6.07, 6.45) is 8.44. The Morgan fingerprint density at radius 2 is 1.96 bits per heavy atom. The highest BCUT2D eigenvalue weighted by Gasteiger charge is 1.99. The van der Waals surface area contributed by atoms with E-state index in [-0.39, 0.29) is 11.7 Å². The van der Waals surface area contributed by atoms with Gasteiger partial charge >= 0.3 is 0 Å². The van der Waals surface area contributed by atoms with E-state index < -0.39 is 0 Å². The first-order valence-electron chi connectivity index (χ1n) is 7.94. The maximum absolute atomic E-state index is 13.1. The molecule has 0 saturated carbocycles. The molecule has 0 aliphatic rings. The van der Waals surface area contributed by atoms with Crippen molar-refractivity contribution in [3.05, 3.63) is 95.8 Å². The quantitative estimate of drug-likeness (QED) is 0.702. The van der Waals surface area contributed by atoms with Crippen molar-refractivity contribution in [3.63, 3.8) is 0 Å². The van der Waals surface area contributed by atoms with Crippen LogP contribution >= 0.6 is 0 Å². The maximum atomic E-state index is 13.1. The minimum absolute atomic E-state index is 0.216. The van der Waals surface area contributed by atoms with Gasteiger partial charge in [-0.1, -0.05) is 36.4 Å². The topological polar surface area (TPSA) is 46.9 Å². The fourth-order valence-electron chi connectivity index (χ4n) is 2.38. The molecule has 0 saturated heterocycles. The minimum Gasteiger partial charge on any atom is -0.348 e. The average Bonchev–Trinajstić information content (AvgIpc) is 3.12. The molecule has 0 fully saturated rings. The van der Waals surface area contributed by atoms with Crippen LogP contribution in [0.3, 0.4) is 0 Å². The molecule has 0 spiro atoms. The lowest BCUT2D eigenvalue weighted by atomic mass is 10.1. The van der Waals surface area contributed by atoms with Crippen molar-refractivity contribution in [1.82, 2.24) is 14.9 Å². The third-order valence-corrected chi connectivity index (χ3v) is 3.69. The summed E-state index contributed by atoms with van der Waals surface area (Å²) in [6.45, 7) is 1.21. The lowest BCUT2D eigenvalue weighted by Gasteiger charge is -2.06. The van der Waals surface area contributed by atoms with E-state index in [1.165, 1.54) is 23.8 Å². The summed E-state index contributed by atoms with van der Waals surface area (Å²) >= 11 is 0. The summed E-state index contributed by atoms with van der Waals surface area (Å²) in [4.78, 5) is 15.9. The van der Waals surface area contributed by atoms with Crippen LogP contribution in [0.2, 0.25) is 0 Å². The van der Waals surface area contributed by atoms with Gasteiger partial charge in [0.1, 0.15) is 5.82 Å². The summed E-state index contributed by atoms with van der Waals surface area (Å²) in [6, 6.07) is 14.1. The molecule has 0 aliphatic heterocycles. The van der Waals surface area contributed by atoms with E-state index in [1.54, 1.807) is 30.7 Å². The number of carbonyl (C=O) groups excluding carboxylic acids is 1. The zero-order chi connectivity index (χ0) is 17.5. The number of nitrogens with one attached hydrogen (secondary N) is 1. The first-order valence-corrected chi connectivity index (χ1v) is 7.94. The molecule has 4 nitrogen and oxygen atoms in total. The highest BCUT2D eigenvalue weighted by atomic mass is 19.1. The van der Waals surface area contributed by atoms with Crippen LogP contribution in [-0.2, 0) is 17.9 Å². The Balaban J connectivity index is 1.50. The predicted octanol–water partition coefficient (Wildman–Crippen LogP) is 3.40. The zero-order valence-corrected chi connectivity index (χ0v) is 13.6. The summed E-state index contributed by atoms with van der Waals surface area (Å²) in [7, 11) is 0. The van der Waals surface area contributed by atoms with Crippen molar-refractivity contribution >= 4 is 12.0 Å². The molecule has 0 atom stereocenters. The van der Waals surface area contributed by atoms with Gasteiger partial charge in [-0.2, -0.15) is 0 Å². The molecular weight excluding hydrogens is 317 g/mol. The van der Waals surface area contributed by atoms with Crippen LogP contribution < -0.4 is 5.32 Å². The zero-order valence-electron chi connectivity index (χ0n) is 13.6. The molecule has 3 rings (SSSR count). The standard InChI is InChI=1S/C20H18FN3O/c21-19-3-1-2-16(12-19)8-9-20(25)23-13-17-4-6-18(7-5-17)14-24-11-10-22-15-24/h1-12,15H,13-14H2,(H,23,25)/b9-8+. The Labute approximate surface area is 145 Å². The Bertz CT molecular complexity index is 855. The Morgan fingerprint density at radius 3 is 2.68 bits per heavy atom. The number of halogens is 1. The van der Waals surface area contributed by atoms with Gasteiger partial charge in [0.25, 0.3) is 0 Å². The van der Waals surface area contributed by atoms with Crippen molar-refractivity contribution in [2.45, 2.75) is 13.1 Å². The van der Waals surface area contributed by atoms with Crippen molar-refractivity contribution in [2.75, 3.05) is 0 Å². The van der Waals surface area contributed by atoms with E-state index in [0.717, 1.165) is 12.1 Å². The minimum atomic E-state index is -0.321. The van der Waals surface area contributed by atoms with Crippen molar-refractivity contribution < 1.29 is 9.18 Å². The lowest BCUT2D eigenvalue weighted by molar-refractivity contribution is -0.116. The van der Waals surface area contributed by atoms with Gasteiger partial charge in [-0.15, -0.1) is 0 Å². The third-order valence-electron chi connectivity index (χ3n) is 3.69. The van der Waals surface area contributed by atoms with Gasteiger partial charge in [-0.3, -0.25) is 4.79 Å². The molecule has 0 radical (unpaired) electrons. The highest BCUT2D eigenvalue weighted by molar-refractivity contribution is 5.91. The summed E-state index contributed by atoms with van der Waals surface area (Å²) in [5.74, 6) is -0.537. The summed E-state index contributed by atoms with van der Waals surface area (Å²) in [5, 5.41) is 2.81. The van der Waals surface area contributed by atoms with E-state index in [2.05, 4.69) is 10.3 Å². The van der Waals surface area contributed by atoms with Crippen LogP contribution in [0.4, 0.5) is 4.39 Å². The lowest BCUT2D eigenvalue weighted by Crippen LogP contribution is -2.20. The Hall–Kier alpha value is -3.21. The van der Waals surface area contributed by atoms with Gasteiger partial charge in [-0.05, 0) is 34.9 Å². The molecule has 2 aromatic carbocycles. The van der Waals surface area contributed by atoms with E-state index in [9.17, 15) is 9.18 Å². The molecule has 126 valence electrons.